The van der Waals surface area contributed by atoms with Gasteiger partial charge in [-0.25, -0.2) is 8.78 Å². The smallest absolute Gasteiger partial charge is 0.184 e. The van der Waals surface area contributed by atoms with Crippen LogP contribution in [0.25, 0.3) is 11.1 Å². The van der Waals surface area contributed by atoms with Crippen LogP contribution >= 0.6 is 11.6 Å². The fourth-order valence-corrected chi connectivity index (χ4v) is 3.53. The van der Waals surface area contributed by atoms with Gasteiger partial charge in [0.05, 0.1) is 18.2 Å². The zero-order valence-corrected chi connectivity index (χ0v) is 15.8. The number of alkyl halides is 1. The molecule has 2 aromatic carbocycles. The highest BCUT2D eigenvalue weighted by Crippen LogP contribution is 2.34. The van der Waals surface area contributed by atoms with Gasteiger partial charge in [0.25, 0.3) is 0 Å². The number of halogens is 3. The third-order valence-corrected chi connectivity index (χ3v) is 5.13. The van der Waals surface area contributed by atoms with Crippen molar-refractivity contribution in [2.24, 2.45) is 0 Å². The SMILES string of the molecule is CCCC1(F)COC(c2ccc(-c3ccc(CC)c(Cl)c3F)cc2)OC1. The molecule has 0 amide bonds. The normalized spacial score (nSPS) is 23.2. The van der Waals surface area contributed by atoms with Crippen LogP contribution < -0.4 is 0 Å². The van der Waals surface area contributed by atoms with Gasteiger partial charge >= 0.3 is 0 Å². The second-order valence-electron chi connectivity index (χ2n) is 6.73. The Morgan fingerprint density at radius 1 is 1.08 bits per heavy atom. The van der Waals surface area contributed by atoms with Gasteiger partial charge in [-0.05, 0) is 24.0 Å². The highest BCUT2D eigenvalue weighted by molar-refractivity contribution is 6.31. The van der Waals surface area contributed by atoms with Crippen molar-refractivity contribution in [3.63, 3.8) is 0 Å². The quantitative estimate of drug-likeness (QED) is 0.609. The minimum Gasteiger partial charge on any atom is -0.345 e. The molecule has 0 aromatic heterocycles. The van der Waals surface area contributed by atoms with E-state index in [0.717, 1.165) is 23.1 Å². The molecule has 0 N–H and O–H groups in total. The summed E-state index contributed by atoms with van der Waals surface area (Å²) in [6.45, 7) is 3.92. The zero-order valence-electron chi connectivity index (χ0n) is 15.0. The molecule has 1 saturated heterocycles. The molecular weight excluding hydrogens is 358 g/mol. The summed E-state index contributed by atoms with van der Waals surface area (Å²) in [6.07, 6.45) is 1.25. The number of rotatable bonds is 5. The van der Waals surface area contributed by atoms with Gasteiger partial charge in [0.15, 0.2) is 12.0 Å². The fourth-order valence-electron chi connectivity index (χ4n) is 3.23. The molecule has 2 nitrogen and oxygen atoms in total. The molecular formula is C21H23ClF2O2. The molecule has 1 aliphatic heterocycles. The number of ether oxygens (including phenoxy) is 2. The molecule has 0 saturated carbocycles. The van der Waals surface area contributed by atoms with Crippen molar-refractivity contribution in [1.82, 2.24) is 0 Å². The Labute approximate surface area is 158 Å². The van der Waals surface area contributed by atoms with Crippen molar-refractivity contribution >= 4 is 11.6 Å². The summed E-state index contributed by atoms with van der Waals surface area (Å²) in [5.41, 5.74) is 1.33. The molecule has 0 spiro atoms. The maximum atomic E-state index is 14.5. The van der Waals surface area contributed by atoms with Crippen LogP contribution in [-0.4, -0.2) is 18.9 Å². The van der Waals surface area contributed by atoms with Crippen molar-refractivity contribution in [3.05, 3.63) is 58.4 Å². The largest absolute Gasteiger partial charge is 0.345 e. The Kier molecular flexibility index (Phi) is 5.96. The first-order valence-electron chi connectivity index (χ1n) is 8.96. The maximum Gasteiger partial charge on any atom is 0.184 e. The standard InChI is InChI=1S/C21H23ClF2O2/c1-3-11-21(24)12-25-20(26-13-21)16-7-5-15(6-8-16)17-10-9-14(4-2)18(22)19(17)23/h5-10,20H,3-4,11-13H2,1-2H3. The predicted octanol–water partition coefficient (Wildman–Crippen LogP) is 6.26. The van der Waals surface area contributed by atoms with Crippen molar-refractivity contribution in [1.29, 1.82) is 0 Å². The van der Waals surface area contributed by atoms with Gasteiger partial charge < -0.3 is 9.47 Å². The molecule has 3 rings (SSSR count). The predicted molar refractivity (Wildman–Crippen MR) is 99.6 cm³/mol. The van der Waals surface area contributed by atoms with E-state index in [9.17, 15) is 8.78 Å². The molecule has 0 aliphatic carbocycles. The van der Waals surface area contributed by atoms with E-state index in [1.54, 1.807) is 18.2 Å². The van der Waals surface area contributed by atoms with Crippen molar-refractivity contribution in [2.45, 2.75) is 45.1 Å². The van der Waals surface area contributed by atoms with Crippen LogP contribution in [0.15, 0.2) is 36.4 Å². The summed E-state index contributed by atoms with van der Waals surface area (Å²) in [5.74, 6) is -0.411. The number of benzene rings is 2. The first-order chi connectivity index (χ1) is 12.5. The lowest BCUT2D eigenvalue weighted by molar-refractivity contribution is -0.238. The van der Waals surface area contributed by atoms with Crippen LogP contribution in [0.4, 0.5) is 8.78 Å². The van der Waals surface area contributed by atoms with Crippen LogP contribution in [0.3, 0.4) is 0 Å². The summed E-state index contributed by atoms with van der Waals surface area (Å²) < 4.78 is 40.0. The van der Waals surface area contributed by atoms with Crippen LogP contribution in [0, 0.1) is 5.82 Å². The third-order valence-electron chi connectivity index (χ3n) is 4.72. The molecule has 1 fully saturated rings. The van der Waals surface area contributed by atoms with Crippen LogP contribution in [0.2, 0.25) is 5.02 Å². The highest BCUT2D eigenvalue weighted by Gasteiger charge is 2.36. The van der Waals surface area contributed by atoms with E-state index in [1.165, 1.54) is 0 Å². The van der Waals surface area contributed by atoms with Gasteiger partial charge in [-0.1, -0.05) is 68.3 Å². The molecule has 0 radical (unpaired) electrons. The van der Waals surface area contributed by atoms with Gasteiger partial charge in [-0.2, -0.15) is 0 Å². The Hall–Kier alpha value is -1.49. The molecule has 1 aliphatic rings. The molecule has 26 heavy (non-hydrogen) atoms. The monoisotopic (exact) mass is 380 g/mol. The van der Waals surface area contributed by atoms with Crippen molar-refractivity contribution in [2.75, 3.05) is 13.2 Å². The first kappa shape index (κ1) is 19.3. The second kappa shape index (κ2) is 8.03. The Balaban J connectivity index is 1.75. The van der Waals surface area contributed by atoms with Gasteiger partial charge in [0.2, 0.25) is 0 Å². The topological polar surface area (TPSA) is 18.5 Å². The van der Waals surface area contributed by atoms with E-state index < -0.39 is 17.8 Å². The number of hydrogen-bond acceptors (Lipinski definition) is 2. The lowest BCUT2D eigenvalue weighted by Gasteiger charge is -2.34. The molecule has 0 unspecified atom stereocenters. The molecule has 5 heteroatoms. The molecule has 140 valence electrons. The first-order valence-corrected chi connectivity index (χ1v) is 9.34. The Morgan fingerprint density at radius 3 is 2.31 bits per heavy atom. The van der Waals surface area contributed by atoms with Crippen LogP contribution in [-0.2, 0) is 15.9 Å². The van der Waals surface area contributed by atoms with Gasteiger partial charge in [0.1, 0.15) is 5.82 Å². The Bertz CT molecular complexity index is 753. The summed E-state index contributed by atoms with van der Waals surface area (Å²) >= 11 is 6.10. The highest BCUT2D eigenvalue weighted by atomic mass is 35.5. The van der Waals surface area contributed by atoms with E-state index in [-0.39, 0.29) is 18.2 Å². The van der Waals surface area contributed by atoms with E-state index in [2.05, 4.69) is 0 Å². The van der Waals surface area contributed by atoms with E-state index in [4.69, 9.17) is 21.1 Å². The second-order valence-corrected chi connectivity index (χ2v) is 7.11. The molecule has 2 aromatic rings. The van der Waals surface area contributed by atoms with Crippen molar-refractivity contribution in [3.8, 4) is 11.1 Å². The minimum atomic E-state index is -1.41. The summed E-state index contributed by atoms with van der Waals surface area (Å²) in [6, 6.07) is 10.8. The van der Waals surface area contributed by atoms with Gasteiger partial charge in [-0.15, -0.1) is 0 Å². The molecule has 0 atom stereocenters. The average Bonchev–Trinajstić information content (AvgIpc) is 2.65. The average molecular weight is 381 g/mol. The van der Waals surface area contributed by atoms with E-state index in [0.29, 0.717) is 18.4 Å². The number of aryl methyl sites for hydroxylation is 1. The van der Waals surface area contributed by atoms with Crippen molar-refractivity contribution < 1.29 is 18.3 Å². The fraction of sp³-hybridized carbons (Fsp3) is 0.429. The number of hydrogen-bond donors (Lipinski definition) is 0. The third kappa shape index (κ3) is 3.93. The Morgan fingerprint density at radius 2 is 1.73 bits per heavy atom. The molecule has 1 heterocycles. The summed E-state index contributed by atoms with van der Waals surface area (Å²) in [5, 5.41) is 0.170. The van der Waals surface area contributed by atoms with Crippen LogP contribution in [0.5, 0.6) is 0 Å². The zero-order chi connectivity index (χ0) is 18.7. The lowest BCUT2D eigenvalue weighted by atomic mass is 9.99. The lowest BCUT2D eigenvalue weighted by Crippen LogP contribution is -2.41. The summed E-state index contributed by atoms with van der Waals surface area (Å²) in [4.78, 5) is 0. The maximum absolute atomic E-state index is 14.5. The summed E-state index contributed by atoms with van der Waals surface area (Å²) in [7, 11) is 0. The van der Waals surface area contributed by atoms with E-state index in [1.807, 2.05) is 32.0 Å². The van der Waals surface area contributed by atoms with E-state index >= 15 is 0 Å². The van der Waals surface area contributed by atoms with Gasteiger partial charge in [-0.3, -0.25) is 0 Å². The molecule has 0 bridgehead atoms. The minimum absolute atomic E-state index is 0.0238. The van der Waals surface area contributed by atoms with Gasteiger partial charge in [0, 0.05) is 11.1 Å². The van der Waals surface area contributed by atoms with Crippen LogP contribution in [0.1, 0.15) is 44.1 Å².